The summed E-state index contributed by atoms with van der Waals surface area (Å²) in [6.07, 6.45) is 8.99. The molecule has 118 valence electrons. The molecule has 4 aromatic heterocycles. The number of aryl methyl sites for hydroxylation is 2. The van der Waals surface area contributed by atoms with Crippen LogP contribution in [0.1, 0.15) is 17.0 Å². The van der Waals surface area contributed by atoms with Crippen LogP contribution in [-0.4, -0.2) is 19.5 Å². The van der Waals surface area contributed by atoms with Crippen molar-refractivity contribution in [1.82, 2.24) is 19.5 Å². The molecule has 0 saturated carbocycles. The van der Waals surface area contributed by atoms with E-state index < -0.39 is 0 Å². The van der Waals surface area contributed by atoms with Crippen LogP contribution in [0, 0.1) is 20.2 Å². The van der Waals surface area contributed by atoms with E-state index in [1.807, 2.05) is 52.7 Å². The van der Waals surface area contributed by atoms with Gasteiger partial charge < -0.3 is 9.13 Å². The van der Waals surface area contributed by atoms with E-state index in [1.54, 1.807) is 6.20 Å². The molecule has 0 aliphatic rings. The monoisotopic (exact) mass is 315 g/mol. The lowest BCUT2D eigenvalue weighted by molar-refractivity contribution is -0.692. The number of nitrogens with zero attached hydrogens (tertiary/aromatic N) is 5. The highest BCUT2D eigenvalue weighted by molar-refractivity contribution is 5.79. The zero-order valence-corrected chi connectivity index (χ0v) is 13.6. The lowest BCUT2D eigenvalue weighted by Gasteiger charge is -2.06. The Morgan fingerprint density at radius 3 is 2.88 bits per heavy atom. The number of imidazole rings is 1. The normalized spacial score (nSPS) is 11.1. The maximum Gasteiger partial charge on any atom is 0.244 e. The van der Waals surface area contributed by atoms with Gasteiger partial charge in [-0.25, -0.2) is 9.97 Å². The van der Waals surface area contributed by atoms with Gasteiger partial charge in [-0.1, -0.05) is 12.1 Å². The second-order valence-corrected chi connectivity index (χ2v) is 5.84. The predicted molar refractivity (Wildman–Crippen MR) is 90.7 cm³/mol. The third-order valence-electron chi connectivity index (χ3n) is 3.93. The Morgan fingerprint density at radius 1 is 1.12 bits per heavy atom. The molecule has 24 heavy (non-hydrogen) atoms. The highest BCUT2D eigenvalue weighted by atomic mass is 15.2. The molecule has 0 radical (unpaired) electrons. The van der Waals surface area contributed by atoms with Gasteiger partial charge in [0.2, 0.25) is 6.33 Å². The van der Waals surface area contributed by atoms with E-state index in [2.05, 4.69) is 40.3 Å². The van der Waals surface area contributed by atoms with Gasteiger partial charge in [-0.2, -0.15) is 0 Å². The topological polar surface area (TPSA) is 47.5 Å². The Bertz CT molecular complexity index is 1000. The molecule has 0 atom stereocenters. The van der Waals surface area contributed by atoms with Crippen molar-refractivity contribution in [1.29, 1.82) is 0 Å². The zero-order chi connectivity index (χ0) is 16.5. The van der Waals surface area contributed by atoms with Crippen molar-refractivity contribution in [3.8, 4) is 5.82 Å². The molecule has 0 aliphatic carbocycles. The number of hydrogen-bond acceptors (Lipinski definition) is 3. The third kappa shape index (κ3) is 2.76. The summed E-state index contributed by atoms with van der Waals surface area (Å²) < 4.78 is 3.84. The van der Waals surface area contributed by atoms with Gasteiger partial charge in [0.15, 0.2) is 5.65 Å². The van der Waals surface area contributed by atoms with Crippen molar-refractivity contribution in [2.24, 2.45) is 0 Å². The van der Waals surface area contributed by atoms with Gasteiger partial charge in [0.25, 0.3) is 0 Å². The van der Waals surface area contributed by atoms with Crippen LogP contribution in [-0.2, 0) is 6.54 Å². The van der Waals surface area contributed by atoms with E-state index in [0.717, 1.165) is 28.2 Å². The molecular formula is C19H17N5. The molecule has 4 rings (SSSR count). The number of fused-ring (bicyclic) bond motifs is 1. The second kappa shape index (κ2) is 5.85. The molecule has 5 nitrogen and oxygen atoms in total. The number of aromatic nitrogens is 5. The van der Waals surface area contributed by atoms with Gasteiger partial charge in [0.05, 0.1) is 5.69 Å². The molecule has 0 aromatic carbocycles. The molecule has 0 aliphatic heterocycles. The Labute approximate surface area is 140 Å². The molecule has 0 N–H and O–H groups in total. The minimum atomic E-state index is 0.678. The second-order valence-electron chi connectivity index (χ2n) is 5.84. The molecule has 0 spiro atoms. The first-order valence-electron chi connectivity index (χ1n) is 7.84. The van der Waals surface area contributed by atoms with Crippen LogP contribution in [0.5, 0.6) is 0 Å². The lowest BCUT2D eigenvalue weighted by Crippen LogP contribution is -2.32. The van der Waals surface area contributed by atoms with Crippen LogP contribution in [0.25, 0.3) is 16.9 Å². The summed E-state index contributed by atoms with van der Waals surface area (Å²) in [6, 6.07) is 12.0. The Hall–Kier alpha value is -3.08. The minimum Gasteiger partial charge on any atom is -0.314 e. The van der Waals surface area contributed by atoms with E-state index in [4.69, 9.17) is 0 Å². The Kier molecular flexibility index (Phi) is 3.54. The van der Waals surface area contributed by atoms with E-state index in [0.29, 0.717) is 6.54 Å². The summed E-state index contributed by atoms with van der Waals surface area (Å²) in [5.41, 5.74) is 3.93. The molecular weight excluding hydrogens is 298 g/mol. The van der Waals surface area contributed by atoms with E-state index in [9.17, 15) is 0 Å². The first-order valence-corrected chi connectivity index (χ1v) is 7.84. The molecule has 5 heteroatoms. The van der Waals surface area contributed by atoms with Crippen molar-refractivity contribution < 1.29 is 4.57 Å². The van der Waals surface area contributed by atoms with Gasteiger partial charge in [0.1, 0.15) is 12.4 Å². The molecule has 0 bridgehead atoms. The number of hydrogen-bond donors (Lipinski definition) is 0. The number of pyridine rings is 3. The van der Waals surface area contributed by atoms with Crippen molar-refractivity contribution in [2.45, 2.75) is 20.4 Å². The summed E-state index contributed by atoms with van der Waals surface area (Å²) in [4.78, 5) is 13.6. The van der Waals surface area contributed by atoms with Crippen LogP contribution in [0.2, 0.25) is 0 Å². The van der Waals surface area contributed by atoms with Crippen molar-refractivity contribution in [3.63, 3.8) is 0 Å². The first-order chi connectivity index (χ1) is 11.7. The van der Waals surface area contributed by atoms with Crippen LogP contribution in [0.15, 0.2) is 55.0 Å². The van der Waals surface area contributed by atoms with Crippen LogP contribution in [0.3, 0.4) is 0 Å². The smallest absolute Gasteiger partial charge is 0.244 e. The van der Waals surface area contributed by atoms with Gasteiger partial charge in [-0.05, 0) is 43.7 Å². The van der Waals surface area contributed by atoms with E-state index in [-0.39, 0.29) is 0 Å². The summed E-state index contributed by atoms with van der Waals surface area (Å²) in [6.45, 7) is 4.75. The maximum atomic E-state index is 4.68. The van der Waals surface area contributed by atoms with Crippen LogP contribution in [0.4, 0.5) is 0 Å². The summed E-state index contributed by atoms with van der Waals surface area (Å²) in [7, 11) is 0. The third-order valence-corrected chi connectivity index (χ3v) is 3.93. The van der Waals surface area contributed by atoms with E-state index >= 15 is 0 Å². The van der Waals surface area contributed by atoms with E-state index in [1.165, 1.54) is 5.56 Å². The highest BCUT2D eigenvalue weighted by Crippen LogP contribution is 2.17. The first kappa shape index (κ1) is 14.5. The minimum absolute atomic E-state index is 0.678. The van der Waals surface area contributed by atoms with Gasteiger partial charge >= 0.3 is 0 Å². The van der Waals surface area contributed by atoms with Crippen LogP contribution >= 0.6 is 0 Å². The molecule has 0 fully saturated rings. The SMILES string of the molecule is Cc1cc(C)c2ccc(-n3[c-][n+](Cc4ccccn4)cc3)nc2n1. The average molecular weight is 315 g/mol. The lowest BCUT2D eigenvalue weighted by atomic mass is 10.1. The quantitative estimate of drug-likeness (QED) is 0.431. The molecule has 0 saturated heterocycles. The average Bonchev–Trinajstić information content (AvgIpc) is 3.03. The van der Waals surface area contributed by atoms with Gasteiger partial charge in [0, 0.05) is 29.7 Å². The fourth-order valence-corrected chi connectivity index (χ4v) is 2.79. The predicted octanol–water partition coefficient (Wildman–Crippen LogP) is 2.57. The standard InChI is InChI=1S/C19H17N5/c1-14-11-15(2)21-19-17(14)6-7-18(22-19)24-10-9-23(13-24)12-16-5-3-4-8-20-16/h3-11H,12H2,1-2H3. The van der Waals surface area contributed by atoms with Gasteiger partial charge in [-0.15, -0.1) is 0 Å². The molecule has 0 unspecified atom stereocenters. The fourth-order valence-electron chi connectivity index (χ4n) is 2.79. The Balaban J connectivity index is 1.68. The van der Waals surface area contributed by atoms with Crippen molar-refractivity contribution in [2.75, 3.05) is 0 Å². The molecule has 4 aromatic rings. The molecule has 0 amide bonds. The summed E-state index contributed by atoms with van der Waals surface area (Å²) in [5.74, 6) is 0.805. The Morgan fingerprint density at radius 2 is 2.04 bits per heavy atom. The summed E-state index contributed by atoms with van der Waals surface area (Å²) in [5, 5.41) is 1.08. The molecule has 4 heterocycles. The zero-order valence-electron chi connectivity index (χ0n) is 13.6. The van der Waals surface area contributed by atoms with Crippen LogP contribution < -0.4 is 4.57 Å². The largest absolute Gasteiger partial charge is 0.314 e. The number of rotatable bonds is 3. The van der Waals surface area contributed by atoms with Crippen molar-refractivity contribution >= 4 is 11.0 Å². The summed E-state index contributed by atoms with van der Waals surface area (Å²) >= 11 is 0. The van der Waals surface area contributed by atoms with Gasteiger partial charge in [-0.3, -0.25) is 4.98 Å². The maximum absolute atomic E-state index is 4.68. The van der Waals surface area contributed by atoms with Crippen molar-refractivity contribution in [3.05, 3.63) is 78.3 Å². The highest BCUT2D eigenvalue weighted by Gasteiger charge is 2.06. The fraction of sp³-hybridized carbons (Fsp3) is 0.158.